The molecule has 0 fully saturated rings. The molecule has 0 amide bonds. The molecule has 16 nitrogen and oxygen atoms in total. The fraction of sp³-hybridized carbons (Fsp3) is 0.0270. The lowest BCUT2D eigenvalue weighted by Gasteiger charge is -2.33. The highest BCUT2D eigenvalue weighted by atomic mass is 15.3. The predicted octanol–water partition coefficient (Wildman–Crippen LogP) is 5.24. The summed E-state index contributed by atoms with van der Waals surface area (Å²) in [5.41, 5.74) is 0.693. The highest BCUT2D eigenvalue weighted by Crippen LogP contribution is 2.43. The molecule has 0 bridgehead atoms. The van der Waals surface area contributed by atoms with Crippen LogP contribution in [0.2, 0.25) is 0 Å². The summed E-state index contributed by atoms with van der Waals surface area (Å²) in [4.78, 5) is 27.4. The molecule has 0 aliphatic heterocycles. The van der Waals surface area contributed by atoms with E-state index in [0.29, 0.717) is 46.0 Å². The third-order valence-electron chi connectivity index (χ3n) is 8.20. The van der Waals surface area contributed by atoms with Crippen molar-refractivity contribution in [3.63, 3.8) is 0 Å². The van der Waals surface area contributed by atoms with Crippen molar-refractivity contribution in [3.8, 4) is 35.4 Å². The SMILES string of the molecule is [C-]#[N+]c1ccn(-c2cccc(C(c3cccc(-n4ccc(C#N)n4)n3)(c3cccc(-n4ccc(C#N)n4)n3)c3cccc(-n4ccc([N+]#[C-])n4)n3)n2)n1. The van der Waals surface area contributed by atoms with Gasteiger partial charge in [-0.1, -0.05) is 37.4 Å². The van der Waals surface area contributed by atoms with Crippen molar-refractivity contribution in [2.75, 3.05) is 0 Å². The van der Waals surface area contributed by atoms with Crippen LogP contribution in [0.15, 0.2) is 122 Å². The summed E-state index contributed by atoms with van der Waals surface area (Å²) in [5, 5.41) is 36.5. The molecule has 0 radical (unpaired) electrons. The molecule has 0 saturated carbocycles. The molecule has 0 unspecified atom stereocenters. The second kappa shape index (κ2) is 13.0. The summed E-state index contributed by atoms with van der Waals surface area (Å²) >= 11 is 0. The van der Waals surface area contributed by atoms with Gasteiger partial charge in [0.2, 0.25) is 0 Å². The zero-order chi connectivity index (χ0) is 36.4. The summed E-state index contributed by atoms with van der Waals surface area (Å²) in [5.74, 6) is 2.04. The Kier molecular flexibility index (Phi) is 7.78. The van der Waals surface area contributed by atoms with Gasteiger partial charge in [0.15, 0.2) is 34.7 Å². The first-order chi connectivity index (χ1) is 26.0. The third kappa shape index (κ3) is 5.59. The molecule has 53 heavy (non-hydrogen) atoms. The molecule has 8 heterocycles. The van der Waals surface area contributed by atoms with Gasteiger partial charge in [0.25, 0.3) is 11.6 Å². The lowest BCUT2D eigenvalue weighted by atomic mass is 9.73. The molecule has 0 N–H and O–H groups in total. The molecule has 0 aromatic carbocycles. The smallest absolute Gasteiger partial charge is 0.295 e. The van der Waals surface area contributed by atoms with Gasteiger partial charge >= 0.3 is 0 Å². The van der Waals surface area contributed by atoms with E-state index in [-0.39, 0.29) is 23.0 Å². The number of nitrogens with zero attached hydrogens (tertiary/aromatic N) is 16. The summed E-state index contributed by atoms with van der Waals surface area (Å²) in [7, 11) is 0. The molecule has 16 heteroatoms. The van der Waals surface area contributed by atoms with Crippen molar-refractivity contribution in [2.24, 2.45) is 0 Å². The van der Waals surface area contributed by atoms with Gasteiger partial charge in [-0.05, 0) is 83.0 Å². The number of aromatic nitrogens is 12. The van der Waals surface area contributed by atoms with Crippen molar-refractivity contribution in [1.29, 1.82) is 10.5 Å². The summed E-state index contributed by atoms with van der Waals surface area (Å²) in [6.07, 6.45) is 6.60. The molecule has 0 aliphatic carbocycles. The van der Waals surface area contributed by atoms with Gasteiger partial charge in [-0.25, -0.2) is 29.3 Å². The molecule has 8 aromatic rings. The van der Waals surface area contributed by atoms with Crippen LogP contribution in [0.3, 0.4) is 0 Å². The minimum Gasteiger partial charge on any atom is -0.359 e. The van der Waals surface area contributed by atoms with Gasteiger partial charge in [-0.3, -0.25) is 0 Å². The first kappa shape index (κ1) is 31.7. The van der Waals surface area contributed by atoms with E-state index in [2.05, 4.69) is 42.2 Å². The van der Waals surface area contributed by atoms with E-state index in [4.69, 9.17) is 33.1 Å². The summed E-state index contributed by atoms with van der Waals surface area (Å²) in [6.45, 7) is 14.9. The normalized spacial score (nSPS) is 10.9. The van der Waals surface area contributed by atoms with E-state index >= 15 is 0 Å². The van der Waals surface area contributed by atoms with Crippen LogP contribution in [0.4, 0.5) is 11.6 Å². The Hall–Kier alpha value is -8.60. The second-order valence-corrected chi connectivity index (χ2v) is 11.2. The first-order valence-corrected chi connectivity index (χ1v) is 15.7. The van der Waals surface area contributed by atoms with E-state index in [9.17, 15) is 10.5 Å². The Labute approximate surface area is 300 Å². The van der Waals surface area contributed by atoms with Gasteiger partial charge in [0, 0.05) is 24.8 Å². The van der Waals surface area contributed by atoms with Crippen LogP contribution in [0.25, 0.3) is 33.0 Å². The van der Waals surface area contributed by atoms with E-state index in [1.165, 1.54) is 18.7 Å². The Morgan fingerprint density at radius 2 is 0.774 bits per heavy atom. The van der Waals surface area contributed by atoms with Crippen molar-refractivity contribution < 1.29 is 0 Å². The molecule has 248 valence electrons. The number of nitriles is 2. The van der Waals surface area contributed by atoms with Gasteiger partial charge in [0.05, 0.1) is 22.8 Å². The maximum absolute atomic E-state index is 9.50. The molecule has 0 aliphatic rings. The average Bonchev–Trinajstić information content (AvgIpc) is 4.06. The maximum Gasteiger partial charge on any atom is 0.295 e. The monoisotopic (exact) mass is 688 g/mol. The average molecular weight is 689 g/mol. The van der Waals surface area contributed by atoms with Crippen molar-refractivity contribution >= 4 is 11.6 Å². The summed E-state index contributed by atoms with van der Waals surface area (Å²) < 4.78 is 6.02. The number of hydrogen-bond donors (Lipinski definition) is 0. The van der Waals surface area contributed by atoms with Gasteiger partial charge in [-0.2, -0.15) is 20.7 Å². The zero-order valence-corrected chi connectivity index (χ0v) is 27.2. The van der Waals surface area contributed by atoms with Crippen LogP contribution in [-0.4, -0.2) is 59.1 Å². The van der Waals surface area contributed by atoms with E-state index in [1.54, 1.807) is 73.3 Å². The molecule has 0 saturated heterocycles. The summed E-state index contributed by atoms with van der Waals surface area (Å²) in [6, 6.07) is 32.1. The molecular weight excluding hydrogens is 669 g/mol. The van der Waals surface area contributed by atoms with Crippen LogP contribution in [-0.2, 0) is 5.41 Å². The third-order valence-corrected chi connectivity index (χ3v) is 8.20. The van der Waals surface area contributed by atoms with Crippen molar-refractivity contribution in [1.82, 2.24) is 59.1 Å². The molecule has 8 rings (SSSR count). The Balaban J connectivity index is 1.46. The first-order valence-electron chi connectivity index (χ1n) is 15.7. The highest BCUT2D eigenvalue weighted by Gasteiger charge is 2.45. The largest absolute Gasteiger partial charge is 0.359 e. The van der Waals surface area contributed by atoms with Crippen LogP contribution in [0.1, 0.15) is 34.2 Å². The number of hydrogen-bond acceptors (Lipinski definition) is 10. The van der Waals surface area contributed by atoms with Crippen molar-refractivity contribution in [2.45, 2.75) is 5.41 Å². The number of pyridine rings is 4. The van der Waals surface area contributed by atoms with E-state index < -0.39 is 5.41 Å². The van der Waals surface area contributed by atoms with Crippen LogP contribution < -0.4 is 0 Å². The molecule has 8 aromatic heterocycles. The standard InChI is InChI=1S/C37H20N16/c1-40-31-17-21-52(48-31)35-13-5-9-29(44-35)37(27-7-3-11-33(42-27)50-19-15-25(23-38)46-50,28-8-4-12-34(43-28)51-20-16-26(24-39)47-51)30-10-6-14-36(45-30)53-22-18-32(41-2)49-53/h3-22H. The van der Waals surface area contributed by atoms with Crippen LogP contribution in [0.5, 0.6) is 0 Å². The molecule has 0 spiro atoms. The zero-order valence-electron chi connectivity index (χ0n) is 27.2. The number of rotatable bonds is 8. The topological polar surface area (TPSA) is 179 Å². The minimum atomic E-state index is -1.49. The highest BCUT2D eigenvalue weighted by molar-refractivity contribution is 5.55. The Morgan fingerprint density at radius 1 is 0.453 bits per heavy atom. The second-order valence-electron chi connectivity index (χ2n) is 11.2. The van der Waals surface area contributed by atoms with Crippen LogP contribution in [0, 0.1) is 35.8 Å². The molecule has 0 atom stereocenters. The molecular formula is C37H20N16. The van der Waals surface area contributed by atoms with Gasteiger partial charge in [-0.15, -0.1) is 9.36 Å². The Bertz CT molecular complexity index is 2440. The minimum absolute atomic E-state index is 0.200. The fourth-order valence-corrected chi connectivity index (χ4v) is 5.85. The lowest BCUT2D eigenvalue weighted by molar-refractivity contribution is 0.624. The van der Waals surface area contributed by atoms with Crippen LogP contribution >= 0.6 is 0 Å². The predicted molar refractivity (Wildman–Crippen MR) is 186 cm³/mol. The lowest BCUT2D eigenvalue weighted by Crippen LogP contribution is -2.36. The fourth-order valence-electron chi connectivity index (χ4n) is 5.85. The van der Waals surface area contributed by atoms with E-state index in [1.807, 2.05) is 48.5 Å². The Morgan fingerprint density at radius 3 is 1.06 bits per heavy atom. The van der Waals surface area contributed by atoms with Gasteiger partial charge in [0.1, 0.15) is 17.6 Å². The van der Waals surface area contributed by atoms with E-state index in [0.717, 1.165) is 0 Å². The van der Waals surface area contributed by atoms with Gasteiger partial charge < -0.3 is 9.69 Å². The maximum atomic E-state index is 9.50. The van der Waals surface area contributed by atoms with Crippen molar-refractivity contribution in [3.05, 3.63) is 179 Å². The quantitative estimate of drug-likeness (QED) is 0.192.